The summed E-state index contributed by atoms with van der Waals surface area (Å²) in [7, 11) is 0. The molecule has 1 aliphatic carbocycles. The van der Waals surface area contributed by atoms with Gasteiger partial charge in [-0.05, 0) is 18.8 Å². The molecule has 1 saturated heterocycles. The molecule has 140 valence electrons. The molecule has 1 unspecified atom stereocenters. The summed E-state index contributed by atoms with van der Waals surface area (Å²) in [5.74, 6) is 1.31. The van der Waals surface area contributed by atoms with Crippen molar-refractivity contribution in [1.82, 2.24) is 24.6 Å². The summed E-state index contributed by atoms with van der Waals surface area (Å²) >= 11 is 0. The van der Waals surface area contributed by atoms with Crippen molar-refractivity contribution in [1.29, 1.82) is 0 Å². The minimum atomic E-state index is 0.239. The van der Waals surface area contributed by atoms with Crippen molar-refractivity contribution in [3.05, 3.63) is 18.1 Å². The van der Waals surface area contributed by atoms with Gasteiger partial charge >= 0.3 is 0 Å². The van der Waals surface area contributed by atoms with E-state index in [2.05, 4.69) is 9.97 Å². The normalized spacial score (nSPS) is 21.1. The number of carbonyl (C=O) groups is 1. The van der Waals surface area contributed by atoms with Crippen LogP contribution in [0.5, 0.6) is 0 Å². The first kappa shape index (κ1) is 17.4. The second-order valence-electron chi connectivity index (χ2n) is 7.64. The van der Waals surface area contributed by atoms with Gasteiger partial charge in [0.05, 0.1) is 12.2 Å². The maximum absolute atomic E-state index is 12.6. The number of rotatable bonds is 6. The van der Waals surface area contributed by atoms with Gasteiger partial charge in [0.1, 0.15) is 5.52 Å². The van der Waals surface area contributed by atoms with Crippen LogP contribution in [0.15, 0.2) is 12.4 Å². The van der Waals surface area contributed by atoms with Crippen LogP contribution >= 0.6 is 0 Å². The molecule has 2 aromatic rings. The lowest BCUT2D eigenvalue weighted by Gasteiger charge is -2.17. The van der Waals surface area contributed by atoms with E-state index in [9.17, 15) is 4.79 Å². The zero-order valence-electron chi connectivity index (χ0n) is 15.3. The van der Waals surface area contributed by atoms with E-state index in [1.54, 1.807) is 12.4 Å². The van der Waals surface area contributed by atoms with Crippen molar-refractivity contribution < 1.29 is 4.79 Å². The summed E-state index contributed by atoms with van der Waals surface area (Å²) in [5.41, 5.74) is 8.31. The molecule has 4 rings (SSSR count). The number of nitrogens with zero attached hydrogens (tertiary/aromatic N) is 5. The van der Waals surface area contributed by atoms with E-state index >= 15 is 0 Å². The van der Waals surface area contributed by atoms with E-state index < -0.39 is 0 Å². The third kappa shape index (κ3) is 3.45. The predicted octanol–water partition coefficient (Wildman–Crippen LogP) is 2.07. The number of fused-ring (bicyclic) bond motifs is 1. The Labute approximate surface area is 154 Å². The Hall–Kier alpha value is -2.02. The Balaban J connectivity index is 1.43. The molecule has 1 atom stereocenters. The Morgan fingerprint density at radius 1 is 1.19 bits per heavy atom. The van der Waals surface area contributed by atoms with E-state index in [-0.39, 0.29) is 5.92 Å². The van der Waals surface area contributed by atoms with Crippen molar-refractivity contribution in [2.24, 2.45) is 11.7 Å². The number of likely N-dealkylation sites (tertiary alicyclic amines) is 1. The van der Waals surface area contributed by atoms with Crippen LogP contribution in [-0.2, 0) is 11.3 Å². The lowest BCUT2D eigenvalue weighted by molar-refractivity contribution is -0.130. The van der Waals surface area contributed by atoms with Gasteiger partial charge in [0.15, 0.2) is 5.65 Å². The molecule has 2 fully saturated rings. The van der Waals surface area contributed by atoms with Crippen molar-refractivity contribution in [2.75, 3.05) is 19.6 Å². The number of aromatic nitrogens is 4. The van der Waals surface area contributed by atoms with Crippen LogP contribution in [0.1, 0.15) is 56.6 Å². The Morgan fingerprint density at radius 2 is 2.00 bits per heavy atom. The lowest BCUT2D eigenvalue weighted by atomic mass is 10.0. The molecular weight excluding hydrogens is 328 g/mol. The summed E-state index contributed by atoms with van der Waals surface area (Å²) in [6, 6.07) is 0. The Morgan fingerprint density at radius 3 is 2.81 bits per heavy atom. The number of carbonyl (C=O) groups excluding carboxylic acids is 1. The molecule has 0 aromatic carbocycles. The van der Waals surface area contributed by atoms with E-state index in [4.69, 9.17) is 10.8 Å². The minimum Gasteiger partial charge on any atom is -0.342 e. The molecule has 2 aliphatic rings. The molecular formula is C19H28N6O. The Kier molecular flexibility index (Phi) is 5.15. The van der Waals surface area contributed by atoms with Gasteiger partial charge in [0.25, 0.3) is 0 Å². The molecule has 7 nitrogen and oxygen atoms in total. The van der Waals surface area contributed by atoms with Gasteiger partial charge in [-0.15, -0.1) is 0 Å². The standard InChI is InChI=1S/C19H28N6O/c20-8-12-25-19-18(21-9-10-22-19)17(23-25)15-7-11-24(13-15)16(26)6-5-14-3-1-2-4-14/h9-10,14-15H,1-8,11-13,20H2. The first-order valence-corrected chi connectivity index (χ1v) is 9.91. The van der Waals surface area contributed by atoms with Crippen molar-refractivity contribution in [3.8, 4) is 0 Å². The maximum Gasteiger partial charge on any atom is 0.222 e. The van der Waals surface area contributed by atoms with Gasteiger partial charge in [-0.1, -0.05) is 25.7 Å². The summed E-state index contributed by atoms with van der Waals surface area (Å²) in [5, 5.41) is 4.74. The SMILES string of the molecule is NCCn1nc(C2CCN(C(=O)CCC3CCCC3)C2)c2nccnc21. The van der Waals surface area contributed by atoms with Crippen LogP contribution in [0.2, 0.25) is 0 Å². The van der Waals surface area contributed by atoms with Gasteiger partial charge in [0, 0.05) is 44.4 Å². The molecule has 2 aromatic heterocycles. The fourth-order valence-electron chi connectivity index (χ4n) is 4.47. The molecule has 2 N–H and O–H groups in total. The van der Waals surface area contributed by atoms with Crippen LogP contribution in [-0.4, -0.2) is 50.2 Å². The average molecular weight is 356 g/mol. The monoisotopic (exact) mass is 356 g/mol. The third-order valence-electron chi connectivity index (χ3n) is 5.90. The van der Waals surface area contributed by atoms with E-state index in [1.165, 1.54) is 25.7 Å². The highest BCUT2D eigenvalue weighted by atomic mass is 16.2. The molecule has 3 heterocycles. The maximum atomic E-state index is 12.6. The highest BCUT2D eigenvalue weighted by Gasteiger charge is 2.31. The summed E-state index contributed by atoms with van der Waals surface area (Å²) in [6.07, 6.45) is 11.4. The van der Waals surface area contributed by atoms with Gasteiger partial charge in [-0.25, -0.2) is 14.6 Å². The topological polar surface area (TPSA) is 89.9 Å². The highest BCUT2D eigenvalue weighted by Crippen LogP contribution is 2.32. The molecule has 7 heteroatoms. The van der Waals surface area contributed by atoms with Crippen LogP contribution in [0.25, 0.3) is 11.2 Å². The molecule has 0 spiro atoms. The van der Waals surface area contributed by atoms with Crippen molar-refractivity contribution in [3.63, 3.8) is 0 Å². The van der Waals surface area contributed by atoms with Crippen LogP contribution in [0.4, 0.5) is 0 Å². The Bertz CT molecular complexity index is 766. The molecule has 1 saturated carbocycles. The first-order valence-electron chi connectivity index (χ1n) is 9.91. The molecule has 0 radical (unpaired) electrons. The van der Waals surface area contributed by atoms with Gasteiger partial charge < -0.3 is 10.6 Å². The summed E-state index contributed by atoms with van der Waals surface area (Å²) in [6.45, 7) is 2.71. The lowest BCUT2D eigenvalue weighted by Crippen LogP contribution is -2.28. The molecule has 0 bridgehead atoms. The summed E-state index contributed by atoms with van der Waals surface area (Å²) < 4.78 is 1.85. The van der Waals surface area contributed by atoms with Crippen molar-refractivity contribution in [2.45, 2.75) is 57.4 Å². The third-order valence-corrected chi connectivity index (χ3v) is 5.90. The fourth-order valence-corrected chi connectivity index (χ4v) is 4.47. The average Bonchev–Trinajstić information content (AvgIpc) is 3.40. The highest BCUT2D eigenvalue weighted by molar-refractivity contribution is 5.77. The van der Waals surface area contributed by atoms with E-state index in [0.717, 1.165) is 48.7 Å². The van der Waals surface area contributed by atoms with Crippen LogP contribution in [0, 0.1) is 5.92 Å². The van der Waals surface area contributed by atoms with Gasteiger partial charge in [0.2, 0.25) is 5.91 Å². The zero-order valence-corrected chi connectivity index (χ0v) is 15.3. The van der Waals surface area contributed by atoms with Crippen LogP contribution in [0.3, 0.4) is 0 Å². The van der Waals surface area contributed by atoms with Gasteiger partial charge in [-0.2, -0.15) is 5.10 Å². The quantitative estimate of drug-likeness (QED) is 0.856. The molecule has 1 amide bonds. The number of hydrogen-bond acceptors (Lipinski definition) is 5. The van der Waals surface area contributed by atoms with Crippen molar-refractivity contribution >= 4 is 17.1 Å². The number of hydrogen-bond donors (Lipinski definition) is 1. The smallest absolute Gasteiger partial charge is 0.222 e. The summed E-state index contributed by atoms with van der Waals surface area (Å²) in [4.78, 5) is 23.5. The number of nitrogens with two attached hydrogens (primary N) is 1. The van der Waals surface area contributed by atoms with Crippen LogP contribution < -0.4 is 5.73 Å². The predicted molar refractivity (Wildman–Crippen MR) is 99.5 cm³/mol. The second-order valence-corrected chi connectivity index (χ2v) is 7.64. The van der Waals surface area contributed by atoms with E-state index in [1.807, 2.05) is 9.58 Å². The minimum absolute atomic E-state index is 0.239. The first-order chi connectivity index (χ1) is 12.8. The zero-order chi connectivity index (χ0) is 17.9. The second kappa shape index (κ2) is 7.70. The van der Waals surface area contributed by atoms with Gasteiger partial charge in [-0.3, -0.25) is 4.79 Å². The fraction of sp³-hybridized carbons (Fsp3) is 0.684. The largest absolute Gasteiger partial charge is 0.342 e. The molecule has 1 aliphatic heterocycles. The van der Waals surface area contributed by atoms with E-state index in [0.29, 0.717) is 25.4 Å². The molecule has 26 heavy (non-hydrogen) atoms. The number of amides is 1.